The molecule has 0 spiro atoms. The lowest BCUT2D eigenvalue weighted by Crippen LogP contribution is -2.34. The Morgan fingerprint density at radius 1 is 1.21 bits per heavy atom. The van der Waals surface area contributed by atoms with Crippen LogP contribution in [-0.2, 0) is 11.3 Å². The standard InChI is InChI=1S/C12H19NO/c1-10(13-3)11(2)14-9-12-7-5-4-6-8-12/h4-8,10-11,13H,9H2,1-3H3. The van der Waals surface area contributed by atoms with E-state index in [1.54, 1.807) is 0 Å². The summed E-state index contributed by atoms with van der Waals surface area (Å²) in [6, 6.07) is 10.6. The summed E-state index contributed by atoms with van der Waals surface area (Å²) >= 11 is 0. The van der Waals surface area contributed by atoms with Crippen LogP contribution in [-0.4, -0.2) is 19.2 Å². The molecule has 78 valence electrons. The van der Waals surface area contributed by atoms with Crippen LogP contribution in [0.1, 0.15) is 19.4 Å². The van der Waals surface area contributed by atoms with E-state index in [1.165, 1.54) is 5.56 Å². The quantitative estimate of drug-likeness (QED) is 0.774. The highest BCUT2D eigenvalue weighted by molar-refractivity contribution is 5.13. The third kappa shape index (κ3) is 3.48. The molecular weight excluding hydrogens is 174 g/mol. The van der Waals surface area contributed by atoms with Gasteiger partial charge < -0.3 is 10.1 Å². The van der Waals surface area contributed by atoms with Crippen LogP contribution in [0.3, 0.4) is 0 Å². The highest BCUT2D eigenvalue weighted by Crippen LogP contribution is 2.05. The van der Waals surface area contributed by atoms with Gasteiger partial charge in [0.25, 0.3) is 0 Å². The van der Waals surface area contributed by atoms with Crippen molar-refractivity contribution in [3.05, 3.63) is 35.9 Å². The summed E-state index contributed by atoms with van der Waals surface area (Å²) in [5.74, 6) is 0. The smallest absolute Gasteiger partial charge is 0.0721 e. The Bertz CT molecular complexity index is 248. The average molecular weight is 193 g/mol. The van der Waals surface area contributed by atoms with E-state index in [0.717, 1.165) is 0 Å². The van der Waals surface area contributed by atoms with E-state index in [1.807, 2.05) is 25.2 Å². The van der Waals surface area contributed by atoms with E-state index in [4.69, 9.17) is 4.74 Å². The van der Waals surface area contributed by atoms with E-state index < -0.39 is 0 Å². The molecule has 1 N–H and O–H groups in total. The van der Waals surface area contributed by atoms with Crippen molar-refractivity contribution in [2.24, 2.45) is 0 Å². The van der Waals surface area contributed by atoms with Crippen LogP contribution in [0.25, 0.3) is 0 Å². The fraction of sp³-hybridized carbons (Fsp3) is 0.500. The Morgan fingerprint density at radius 2 is 1.86 bits per heavy atom. The number of hydrogen-bond acceptors (Lipinski definition) is 2. The monoisotopic (exact) mass is 193 g/mol. The van der Waals surface area contributed by atoms with Crippen molar-refractivity contribution in [1.82, 2.24) is 5.32 Å². The molecule has 0 aliphatic carbocycles. The molecule has 0 saturated carbocycles. The molecule has 1 rings (SSSR count). The Balaban J connectivity index is 2.34. The van der Waals surface area contributed by atoms with Crippen LogP contribution >= 0.6 is 0 Å². The molecule has 2 heteroatoms. The van der Waals surface area contributed by atoms with Gasteiger partial charge >= 0.3 is 0 Å². The van der Waals surface area contributed by atoms with Gasteiger partial charge in [0.15, 0.2) is 0 Å². The first-order valence-electron chi connectivity index (χ1n) is 5.07. The number of rotatable bonds is 5. The van der Waals surface area contributed by atoms with Gasteiger partial charge in [0.05, 0.1) is 12.7 Å². The molecule has 0 saturated heterocycles. The lowest BCUT2D eigenvalue weighted by molar-refractivity contribution is 0.0330. The molecule has 2 atom stereocenters. The van der Waals surface area contributed by atoms with Crippen molar-refractivity contribution in [3.8, 4) is 0 Å². The summed E-state index contributed by atoms with van der Waals surface area (Å²) in [7, 11) is 1.95. The number of nitrogens with one attached hydrogen (secondary N) is 1. The average Bonchev–Trinajstić information content (AvgIpc) is 2.26. The van der Waals surface area contributed by atoms with Gasteiger partial charge in [-0.15, -0.1) is 0 Å². The fourth-order valence-corrected chi connectivity index (χ4v) is 1.18. The zero-order valence-corrected chi connectivity index (χ0v) is 9.16. The summed E-state index contributed by atoms with van der Waals surface area (Å²) in [5.41, 5.74) is 1.22. The number of likely N-dealkylation sites (N-methyl/N-ethyl adjacent to an activating group) is 1. The van der Waals surface area contributed by atoms with Gasteiger partial charge in [-0.25, -0.2) is 0 Å². The van der Waals surface area contributed by atoms with Crippen molar-refractivity contribution < 1.29 is 4.74 Å². The van der Waals surface area contributed by atoms with E-state index >= 15 is 0 Å². The fourth-order valence-electron chi connectivity index (χ4n) is 1.18. The van der Waals surface area contributed by atoms with Crippen molar-refractivity contribution in [2.45, 2.75) is 32.6 Å². The lowest BCUT2D eigenvalue weighted by Gasteiger charge is -2.19. The van der Waals surface area contributed by atoms with E-state index in [0.29, 0.717) is 12.6 Å². The minimum atomic E-state index is 0.236. The largest absolute Gasteiger partial charge is 0.372 e. The second-order valence-corrected chi connectivity index (χ2v) is 3.58. The topological polar surface area (TPSA) is 21.3 Å². The lowest BCUT2D eigenvalue weighted by atomic mass is 10.2. The van der Waals surface area contributed by atoms with Crippen LogP contribution in [0.15, 0.2) is 30.3 Å². The Kier molecular flexibility index (Phi) is 4.63. The second kappa shape index (κ2) is 5.78. The van der Waals surface area contributed by atoms with Crippen LogP contribution in [0.4, 0.5) is 0 Å². The summed E-state index contributed by atoms with van der Waals surface area (Å²) in [4.78, 5) is 0. The third-order valence-electron chi connectivity index (χ3n) is 2.52. The Hall–Kier alpha value is -0.860. The van der Waals surface area contributed by atoms with Crippen molar-refractivity contribution in [2.75, 3.05) is 7.05 Å². The maximum atomic E-state index is 5.72. The maximum absolute atomic E-state index is 5.72. The summed E-state index contributed by atoms with van der Waals surface area (Å²) < 4.78 is 5.72. The first-order chi connectivity index (χ1) is 6.74. The first-order valence-corrected chi connectivity index (χ1v) is 5.07. The van der Waals surface area contributed by atoms with Gasteiger partial charge in [0.1, 0.15) is 0 Å². The zero-order valence-electron chi connectivity index (χ0n) is 9.16. The van der Waals surface area contributed by atoms with Gasteiger partial charge in [-0.1, -0.05) is 30.3 Å². The number of benzene rings is 1. The molecule has 0 aliphatic rings. The molecule has 1 aromatic rings. The zero-order chi connectivity index (χ0) is 10.4. The van der Waals surface area contributed by atoms with Gasteiger partial charge in [-0.05, 0) is 26.5 Å². The second-order valence-electron chi connectivity index (χ2n) is 3.58. The molecule has 14 heavy (non-hydrogen) atoms. The summed E-state index contributed by atoms with van der Waals surface area (Å²) in [6.07, 6.45) is 0.236. The van der Waals surface area contributed by atoms with Crippen LogP contribution in [0, 0.1) is 0 Å². The highest BCUT2D eigenvalue weighted by atomic mass is 16.5. The van der Waals surface area contributed by atoms with Crippen LogP contribution < -0.4 is 5.32 Å². The van der Waals surface area contributed by atoms with E-state index in [9.17, 15) is 0 Å². The molecule has 0 aromatic heterocycles. The van der Waals surface area contributed by atoms with Crippen molar-refractivity contribution in [1.29, 1.82) is 0 Å². The maximum Gasteiger partial charge on any atom is 0.0721 e. The van der Waals surface area contributed by atoms with Gasteiger partial charge in [0.2, 0.25) is 0 Å². The molecule has 0 aliphatic heterocycles. The molecule has 0 bridgehead atoms. The van der Waals surface area contributed by atoms with E-state index in [2.05, 4.69) is 31.3 Å². The molecule has 0 heterocycles. The Morgan fingerprint density at radius 3 is 2.43 bits per heavy atom. The predicted octanol–water partition coefficient (Wildman–Crippen LogP) is 2.20. The third-order valence-corrected chi connectivity index (χ3v) is 2.52. The molecule has 1 aromatic carbocycles. The number of hydrogen-bond donors (Lipinski definition) is 1. The van der Waals surface area contributed by atoms with Gasteiger partial charge in [0, 0.05) is 6.04 Å². The van der Waals surface area contributed by atoms with Gasteiger partial charge in [-0.3, -0.25) is 0 Å². The van der Waals surface area contributed by atoms with Gasteiger partial charge in [-0.2, -0.15) is 0 Å². The molecule has 0 fully saturated rings. The summed E-state index contributed by atoms with van der Waals surface area (Å²) in [6.45, 7) is 4.90. The van der Waals surface area contributed by atoms with Crippen LogP contribution in [0.2, 0.25) is 0 Å². The minimum Gasteiger partial charge on any atom is -0.372 e. The molecule has 0 amide bonds. The van der Waals surface area contributed by atoms with Crippen molar-refractivity contribution in [3.63, 3.8) is 0 Å². The first kappa shape index (κ1) is 11.2. The molecule has 2 unspecified atom stereocenters. The molecule has 2 nitrogen and oxygen atoms in total. The minimum absolute atomic E-state index is 0.236. The Labute approximate surface area is 86.3 Å². The summed E-state index contributed by atoms with van der Waals surface area (Å²) in [5, 5.41) is 3.18. The SMILES string of the molecule is CNC(C)C(C)OCc1ccccc1. The normalized spacial score (nSPS) is 15.1. The molecule has 0 radical (unpaired) electrons. The predicted molar refractivity (Wildman–Crippen MR) is 59.2 cm³/mol. The number of ether oxygens (including phenoxy) is 1. The highest BCUT2D eigenvalue weighted by Gasteiger charge is 2.09. The van der Waals surface area contributed by atoms with Crippen LogP contribution in [0.5, 0.6) is 0 Å². The molecular formula is C12H19NO. The van der Waals surface area contributed by atoms with Crippen molar-refractivity contribution >= 4 is 0 Å². The van der Waals surface area contributed by atoms with E-state index in [-0.39, 0.29) is 6.10 Å².